The smallest absolute Gasteiger partial charge is 0.268 e. The molecule has 0 radical (unpaired) electrons. The van der Waals surface area contributed by atoms with Gasteiger partial charge in [0.25, 0.3) is 5.91 Å². The third-order valence-corrected chi connectivity index (χ3v) is 3.96. The molecule has 2 rings (SSSR count). The van der Waals surface area contributed by atoms with Crippen molar-refractivity contribution in [2.75, 3.05) is 13.1 Å². The van der Waals surface area contributed by atoms with Crippen LogP contribution in [0.4, 0.5) is 0 Å². The molecule has 1 aromatic heterocycles. The fraction of sp³-hybridized carbons (Fsp3) is 0.286. The first-order chi connectivity index (χ1) is 9.65. The van der Waals surface area contributed by atoms with E-state index in [1.807, 2.05) is 6.07 Å². The zero-order valence-electron chi connectivity index (χ0n) is 10.5. The highest BCUT2D eigenvalue weighted by atomic mass is 35.5. The maximum absolute atomic E-state index is 12.2. The molecule has 0 aromatic carbocycles. The number of amides is 1. The monoisotopic (exact) mass is 306 g/mol. The topological polar surface area (TPSA) is 41.9 Å². The largest absolute Gasteiger partial charge is 0.382 e. The third kappa shape index (κ3) is 3.14. The highest BCUT2D eigenvalue weighted by Gasteiger charge is 2.32. The van der Waals surface area contributed by atoms with Crippen molar-refractivity contribution in [3.05, 3.63) is 21.3 Å². The molecule has 102 valence electrons. The van der Waals surface area contributed by atoms with Gasteiger partial charge in [0.05, 0.1) is 22.3 Å². The Morgan fingerprint density at radius 3 is 2.75 bits per heavy atom. The number of oxime groups is 1. The summed E-state index contributed by atoms with van der Waals surface area (Å²) in [5.74, 6) is 4.56. The van der Waals surface area contributed by atoms with Crippen molar-refractivity contribution in [1.82, 2.24) is 4.90 Å². The van der Waals surface area contributed by atoms with E-state index in [1.54, 1.807) is 6.07 Å². The fourth-order valence-electron chi connectivity index (χ4n) is 1.76. The van der Waals surface area contributed by atoms with Crippen molar-refractivity contribution in [2.45, 2.75) is 12.5 Å². The van der Waals surface area contributed by atoms with E-state index >= 15 is 0 Å². The molecule has 20 heavy (non-hydrogen) atoms. The van der Waals surface area contributed by atoms with Crippen molar-refractivity contribution in [2.24, 2.45) is 5.16 Å². The Morgan fingerprint density at radius 2 is 2.20 bits per heavy atom. The van der Waals surface area contributed by atoms with Gasteiger partial charge in [-0.05, 0) is 12.1 Å². The van der Waals surface area contributed by atoms with Crippen LogP contribution in [0.3, 0.4) is 0 Å². The van der Waals surface area contributed by atoms with E-state index in [2.05, 4.69) is 17.0 Å². The molecule has 0 saturated carbocycles. The second-order valence-electron chi connectivity index (χ2n) is 4.04. The normalized spacial score (nSPS) is 16.8. The van der Waals surface area contributed by atoms with Crippen molar-refractivity contribution in [3.8, 4) is 24.7 Å². The number of carbonyl (C=O) groups excluding carboxylic acids is 1. The molecule has 1 aromatic rings. The SMILES string of the molecule is C#CCN(CC#C)C(=O)[C@@H]1CC(c2ccc(Cl)s2)=NO1. The van der Waals surface area contributed by atoms with Crippen LogP contribution in [0.25, 0.3) is 0 Å². The molecule has 1 atom stereocenters. The zero-order chi connectivity index (χ0) is 14.5. The molecule has 2 heterocycles. The highest BCUT2D eigenvalue weighted by molar-refractivity contribution is 7.18. The first-order valence-electron chi connectivity index (χ1n) is 5.79. The van der Waals surface area contributed by atoms with Crippen LogP contribution in [0, 0.1) is 24.7 Å². The number of hydrogen-bond acceptors (Lipinski definition) is 4. The number of terminal acetylenes is 2. The van der Waals surface area contributed by atoms with Gasteiger partial charge in [0.15, 0.2) is 0 Å². The minimum atomic E-state index is -0.674. The number of halogens is 1. The second kappa shape index (κ2) is 6.47. The van der Waals surface area contributed by atoms with Gasteiger partial charge in [-0.2, -0.15) is 0 Å². The van der Waals surface area contributed by atoms with Gasteiger partial charge >= 0.3 is 0 Å². The predicted molar refractivity (Wildman–Crippen MR) is 79.6 cm³/mol. The lowest BCUT2D eigenvalue weighted by Gasteiger charge is -2.19. The Kier molecular flexibility index (Phi) is 4.68. The second-order valence-corrected chi connectivity index (χ2v) is 5.76. The first-order valence-corrected chi connectivity index (χ1v) is 6.99. The van der Waals surface area contributed by atoms with Gasteiger partial charge in [0, 0.05) is 6.42 Å². The van der Waals surface area contributed by atoms with Crippen molar-refractivity contribution in [1.29, 1.82) is 0 Å². The first kappa shape index (κ1) is 14.5. The number of rotatable bonds is 4. The summed E-state index contributed by atoms with van der Waals surface area (Å²) in [5, 5.41) is 3.94. The maximum Gasteiger partial charge on any atom is 0.268 e. The summed E-state index contributed by atoms with van der Waals surface area (Å²) >= 11 is 7.27. The quantitative estimate of drug-likeness (QED) is 0.798. The van der Waals surface area contributed by atoms with Crippen LogP contribution in [0.2, 0.25) is 4.34 Å². The van der Waals surface area contributed by atoms with Crippen molar-refractivity contribution in [3.63, 3.8) is 0 Å². The van der Waals surface area contributed by atoms with Gasteiger partial charge in [-0.1, -0.05) is 28.6 Å². The van der Waals surface area contributed by atoms with Gasteiger partial charge in [0.1, 0.15) is 5.71 Å². The van der Waals surface area contributed by atoms with Crippen LogP contribution in [0.5, 0.6) is 0 Å². The average Bonchev–Trinajstić information content (AvgIpc) is 3.06. The molecule has 0 saturated heterocycles. The van der Waals surface area contributed by atoms with Gasteiger partial charge in [-0.15, -0.1) is 24.2 Å². The standard InChI is InChI=1S/C14H11ClN2O2S/c1-3-7-17(8-4-2)14(18)11-9-10(16-19-11)12-5-6-13(15)20-12/h1-2,5-6,11H,7-9H2/t11-/m0/s1. The molecule has 0 N–H and O–H groups in total. The van der Waals surface area contributed by atoms with Crippen LogP contribution in [-0.4, -0.2) is 35.7 Å². The van der Waals surface area contributed by atoms with Crippen LogP contribution in [0.15, 0.2) is 17.3 Å². The molecule has 0 aliphatic carbocycles. The molecular weight excluding hydrogens is 296 g/mol. The average molecular weight is 307 g/mol. The molecular formula is C14H11ClN2O2S. The van der Waals surface area contributed by atoms with Crippen LogP contribution in [0.1, 0.15) is 11.3 Å². The maximum atomic E-state index is 12.2. The number of carbonyl (C=O) groups is 1. The van der Waals surface area contributed by atoms with Crippen molar-refractivity contribution >= 4 is 34.6 Å². The summed E-state index contributed by atoms with van der Waals surface area (Å²) in [6.07, 6.45) is 10.2. The van der Waals surface area contributed by atoms with E-state index in [-0.39, 0.29) is 19.0 Å². The van der Waals surface area contributed by atoms with Gasteiger partial charge in [-0.3, -0.25) is 4.79 Å². The molecule has 1 aliphatic heterocycles. The Bertz CT molecular complexity index is 608. The minimum absolute atomic E-state index is 0.156. The van der Waals surface area contributed by atoms with E-state index in [9.17, 15) is 4.79 Å². The van der Waals surface area contributed by atoms with E-state index in [0.717, 1.165) is 4.88 Å². The predicted octanol–water partition coefficient (Wildman–Crippen LogP) is 1.99. The van der Waals surface area contributed by atoms with Gasteiger partial charge < -0.3 is 9.74 Å². The lowest BCUT2D eigenvalue weighted by atomic mass is 10.1. The highest BCUT2D eigenvalue weighted by Crippen LogP contribution is 2.26. The Hall–Kier alpha value is -1.95. The third-order valence-electron chi connectivity index (χ3n) is 2.68. The van der Waals surface area contributed by atoms with Crippen LogP contribution < -0.4 is 0 Å². The lowest BCUT2D eigenvalue weighted by molar-refractivity contribution is -0.140. The van der Waals surface area contributed by atoms with E-state index in [0.29, 0.717) is 16.5 Å². The van der Waals surface area contributed by atoms with Crippen molar-refractivity contribution < 1.29 is 9.63 Å². The fourth-order valence-corrected chi connectivity index (χ4v) is 2.79. The summed E-state index contributed by atoms with van der Waals surface area (Å²) in [6.45, 7) is 0.312. The molecule has 0 unspecified atom stereocenters. The molecule has 6 heteroatoms. The number of hydrogen-bond donors (Lipinski definition) is 0. The van der Waals surface area contributed by atoms with Crippen LogP contribution in [-0.2, 0) is 9.63 Å². The molecule has 0 fully saturated rings. The Morgan fingerprint density at radius 1 is 1.50 bits per heavy atom. The Balaban J connectivity index is 2.02. The van der Waals surface area contributed by atoms with Gasteiger partial charge in [-0.25, -0.2) is 0 Å². The summed E-state index contributed by atoms with van der Waals surface area (Å²) in [4.78, 5) is 19.7. The zero-order valence-corrected chi connectivity index (χ0v) is 12.1. The van der Waals surface area contributed by atoms with E-state index < -0.39 is 6.10 Å². The lowest BCUT2D eigenvalue weighted by Crippen LogP contribution is -2.39. The Labute approximate surface area is 126 Å². The summed E-state index contributed by atoms with van der Waals surface area (Å²) in [5.41, 5.74) is 0.710. The van der Waals surface area contributed by atoms with E-state index in [4.69, 9.17) is 29.3 Å². The summed E-state index contributed by atoms with van der Waals surface area (Å²) in [6, 6.07) is 3.63. The van der Waals surface area contributed by atoms with Crippen LogP contribution >= 0.6 is 22.9 Å². The molecule has 1 amide bonds. The molecule has 0 bridgehead atoms. The van der Waals surface area contributed by atoms with Gasteiger partial charge in [0.2, 0.25) is 6.10 Å². The number of nitrogens with zero attached hydrogens (tertiary/aromatic N) is 2. The summed E-state index contributed by atoms with van der Waals surface area (Å²) in [7, 11) is 0. The molecule has 0 spiro atoms. The number of thiophene rings is 1. The molecule has 4 nitrogen and oxygen atoms in total. The van der Waals surface area contributed by atoms with E-state index in [1.165, 1.54) is 16.2 Å². The summed E-state index contributed by atoms with van der Waals surface area (Å²) < 4.78 is 0.666. The molecule has 1 aliphatic rings. The minimum Gasteiger partial charge on any atom is -0.382 e.